The Bertz CT molecular complexity index is 2120. The molecule has 250 valence electrons. The standard InChI is InChI=1S/C40H39Cl4NO3/c1-4-6-11-22-19-28-25(24(21(22)3)13-7-5-2)15-16-26-30(31-32(40(46)47)34(42)36(44)35(43)33(31)41)29-20-23-12-8-9-17-45-18-10-14-27(37(23)45)39(29)48-38(26)28/h15-16,19-20H,3-14,17-18H2,1-2H3,(H,46,47). The minimum atomic E-state index is -1.23. The second-order valence-corrected chi connectivity index (χ2v) is 14.8. The maximum Gasteiger partial charge on any atom is 0.337 e. The minimum absolute atomic E-state index is 0.0268. The number of ether oxygens (including phenoxy) is 1. The number of carbonyl (C=O) groups is 1. The lowest BCUT2D eigenvalue weighted by Gasteiger charge is -2.35. The largest absolute Gasteiger partial charge is 0.478 e. The number of carboxylic acid groups (broad SMARTS) is 1. The number of benzene rings is 4. The summed E-state index contributed by atoms with van der Waals surface area (Å²) in [5.74, 6) is 0.224. The van der Waals surface area contributed by atoms with Crippen LogP contribution in [0.3, 0.4) is 0 Å². The first-order chi connectivity index (χ1) is 23.2. The number of hydrogen-bond donors (Lipinski definition) is 1. The molecule has 0 unspecified atom stereocenters. The van der Waals surface area contributed by atoms with E-state index in [1.807, 2.05) is 6.07 Å². The van der Waals surface area contributed by atoms with E-state index in [0.29, 0.717) is 11.3 Å². The smallest absolute Gasteiger partial charge is 0.337 e. The predicted octanol–water partition coefficient (Wildman–Crippen LogP) is 10.7. The molecule has 0 radical (unpaired) electrons. The summed E-state index contributed by atoms with van der Waals surface area (Å²) in [5.41, 5.74) is 7.70. The van der Waals surface area contributed by atoms with Crippen molar-refractivity contribution in [2.75, 3.05) is 18.0 Å². The van der Waals surface area contributed by atoms with Gasteiger partial charge in [-0.2, -0.15) is 0 Å². The van der Waals surface area contributed by atoms with Gasteiger partial charge in [0.05, 0.1) is 25.7 Å². The molecule has 3 aliphatic heterocycles. The van der Waals surface area contributed by atoms with Crippen molar-refractivity contribution in [3.05, 3.63) is 93.7 Å². The Labute approximate surface area is 301 Å². The molecule has 0 spiro atoms. The Kier molecular flexibility index (Phi) is 9.41. The second kappa shape index (κ2) is 13.4. The summed E-state index contributed by atoms with van der Waals surface area (Å²) in [5, 5.41) is 14.5. The lowest BCUT2D eigenvalue weighted by molar-refractivity contribution is 0.0696. The Morgan fingerprint density at radius 2 is 1.60 bits per heavy atom. The van der Waals surface area contributed by atoms with Gasteiger partial charge in [-0.25, -0.2) is 4.79 Å². The van der Waals surface area contributed by atoms with E-state index in [2.05, 4.69) is 43.5 Å². The van der Waals surface area contributed by atoms with Crippen LogP contribution in [-0.4, -0.2) is 24.2 Å². The second-order valence-electron chi connectivity index (χ2n) is 13.3. The highest BCUT2D eigenvalue weighted by Gasteiger charge is 2.36. The monoisotopic (exact) mass is 721 g/mol. The van der Waals surface area contributed by atoms with Crippen molar-refractivity contribution >= 4 is 81.0 Å². The maximum absolute atomic E-state index is 13.0. The zero-order chi connectivity index (χ0) is 33.9. The van der Waals surface area contributed by atoms with Gasteiger partial charge in [0.25, 0.3) is 0 Å². The third-order valence-electron chi connectivity index (χ3n) is 10.4. The van der Waals surface area contributed by atoms with Gasteiger partial charge < -0.3 is 14.7 Å². The Morgan fingerprint density at radius 3 is 2.35 bits per heavy atom. The molecule has 0 aliphatic carbocycles. The Balaban J connectivity index is 1.67. The van der Waals surface area contributed by atoms with Crippen LogP contribution in [-0.2, 0) is 25.7 Å². The van der Waals surface area contributed by atoms with Crippen molar-refractivity contribution in [3.8, 4) is 11.5 Å². The summed E-state index contributed by atoms with van der Waals surface area (Å²) in [4.78, 5) is 15.5. The molecule has 7 rings (SSSR count). The van der Waals surface area contributed by atoms with E-state index < -0.39 is 5.97 Å². The van der Waals surface area contributed by atoms with Crippen LogP contribution in [0.15, 0.2) is 24.3 Å². The summed E-state index contributed by atoms with van der Waals surface area (Å²) >= 11 is 27.0. The number of fused-ring (bicyclic) bond motifs is 5. The molecule has 0 saturated heterocycles. The molecule has 0 atom stereocenters. The van der Waals surface area contributed by atoms with Crippen molar-refractivity contribution < 1.29 is 14.6 Å². The lowest BCUT2D eigenvalue weighted by Crippen LogP contribution is -2.31. The molecule has 8 heteroatoms. The SMILES string of the molecule is C=c1c(CCCC)cc2c3c(ccc2c1CCCC)=C(c1c(Cl)c(Cl)c(Cl)c(Cl)c1C(=O)O)c1cc2c4c(c1O3)CCCN4CCCC2. The van der Waals surface area contributed by atoms with Gasteiger partial charge in [-0.3, -0.25) is 0 Å². The van der Waals surface area contributed by atoms with Crippen molar-refractivity contribution in [1.82, 2.24) is 0 Å². The van der Waals surface area contributed by atoms with Crippen LogP contribution >= 0.6 is 46.4 Å². The zero-order valence-electron chi connectivity index (χ0n) is 27.4. The third-order valence-corrected chi connectivity index (χ3v) is 12.2. The lowest BCUT2D eigenvalue weighted by atomic mass is 9.83. The van der Waals surface area contributed by atoms with Gasteiger partial charge in [0.1, 0.15) is 11.5 Å². The number of carboxylic acids is 1. The number of unbranched alkanes of at least 4 members (excludes halogenated alkanes) is 2. The van der Waals surface area contributed by atoms with Crippen LogP contribution in [0.4, 0.5) is 5.69 Å². The minimum Gasteiger partial charge on any atom is -0.478 e. The fraction of sp³-hybridized carbons (Fsp3) is 0.375. The van der Waals surface area contributed by atoms with E-state index in [1.165, 1.54) is 27.9 Å². The van der Waals surface area contributed by atoms with Crippen LogP contribution in [0.25, 0.3) is 22.9 Å². The van der Waals surface area contributed by atoms with Crippen molar-refractivity contribution in [2.45, 2.75) is 84.5 Å². The summed E-state index contributed by atoms with van der Waals surface area (Å²) in [6.45, 7) is 11.0. The predicted molar refractivity (Wildman–Crippen MR) is 201 cm³/mol. The van der Waals surface area contributed by atoms with Crippen LogP contribution in [0.2, 0.25) is 20.1 Å². The third kappa shape index (κ3) is 5.39. The molecule has 4 aromatic rings. The van der Waals surface area contributed by atoms with Crippen LogP contribution in [0.5, 0.6) is 11.5 Å². The number of halogens is 4. The van der Waals surface area contributed by atoms with E-state index in [4.69, 9.17) is 51.1 Å². The molecule has 0 saturated carbocycles. The Hall–Kier alpha value is -2.89. The molecule has 0 bridgehead atoms. The van der Waals surface area contributed by atoms with Gasteiger partial charge in [0.2, 0.25) is 0 Å². The van der Waals surface area contributed by atoms with E-state index in [1.54, 1.807) is 0 Å². The van der Waals surface area contributed by atoms with Gasteiger partial charge in [0.15, 0.2) is 0 Å². The number of hydrogen-bond acceptors (Lipinski definition) is 3. The number of aromatic carboxylic acids is 1. The maximum atomic E-state index is 13.0. The molecular formula is C40H39Cl4NO3. The fourth-order valence-electron chi connectivity index (χ4n) is 8.03. The van der Waals surface area contributed by atoms with E-state index >= 15 is 0 Å². The van der Waals surface area contributed by atoms with Gasteiger partial charge in [-0.05, 0) is 103 Å². The number of nitrogens with zero attached hydrogens (tertiary/aromatic N) is 1. The van der Waals surface area contributed by atoms with Crippen LogP contribution < -0.4 is 20.1 Å². The highest BCUT2D eigenvalue weighted by Crippen LogP contribution is 2.52. The highest BCUT2D eigenvalue weighted by molar-refractivity contribution is 6.53. The van der Waals surface area contributed by atoms with E-state index in [9.17, 15) is 9.90 Å². The molecule has 3 aliphatic rings. The highest BCUT2D eigenvalue weighted by atomic mass is 35.5. The molecule has 0 aromatic heterocycles. The first-order valence-corrected chi connectivity index (χ1v) is 18.7. The molecule has 4 aromatic carbocycles. The normalized spacial score (nSPS) is 15.1. The number of anilines is 1. The van der Waals surface area contributed by atoms with Crippen molar-refractivity contribution in [1.29, 1.82) is 0 Å². The topological polar surface area (TPSA) is 49.8 Å². The Morgan fingerprint density at radius 1 is 0.875 bits per heavy atom. The molecular weight excluding hydrogens is 684 g/mol. The molecule has 4 nitrogen and oxygen atoms in total. The van der Waals surface area contributed by atoms with Gasteiger partial charge in [0, 0.05) is 51.6 Å². The zero-order valence-corrected chi connectivity index (χ0v) is 30.5. The molecule has 0 fully saturated rings. The summed E-state index contributed by atoms with van der Waals surface area (Å²) in [7, 11) is 0. The van der Waals surface area contributed by atoms with Gasteiger partial charge in [-0.15, -0.1) is 0 Å². The van der Waals surface area contributed by atoms with Crippen LogP contribution in [0.1, 0.15) is 103 Å². The molecule has 0 amide bonds. The first-order valence-electron chi connectivity index (χ1n) is 17.2. The fourth-order valence-corrected chi connectivity index (χ4v) is 9.06. The first kappa shape index (κ1) is 33.6. The van der Waals surface area contributed by atoms with Gasteiger partial charge >= 0.3 is 5.97 Å². The summed E-state index contributed by atoms with van der Waals surface area (Å²) in [6, 6.07) is 8.61. The van der Waals surface area contributed by atoms with Crippen LogP contribution in [0, 0.1) is 0 Å². The molecule has 1 N–H and O–H groups in total. The average molecular weight is 724 g/mol. The van der Waals surface area contributed by atoms with Crippen molar-refractivity contribution in [2.24, 2.45) is 0 Å². The molecule has 3 heterocycles. The quantitative estimate of drug-likeness (QED) is 0.128. The van der Waals surface area contributed by atoms with E-state index in [0.717, 1.165) is 116 Å². The number of rotatable bonds is 8. The molecule has 48 heavy (non-hydrogen) atoms. The van der Waals surface area contributed by atoms with Crippen molar-refractivity contribution in [3.63, 3.8) is 0 Å². The summed E-state index contributed by atoms with van der Waals surface area (Å²) in [6.07, 6.45) is 11.1. The number of aryl methyl sites for hydroxylation is 3. The van der Waals surface area contributed by atoms with E-state index in [-0.39, 0.29) is 31.2 Å². The average Bonchev–Trinajstić information content (AvgIpc) is 3.29. The summed E-state index contributed by atoms with van der Waals surface area (Å²) < 4.78 is 7.19. The van der Waals surface area contributed by atoms with Gasteiger partial charge in [-0.1, -0.05) is 85.7 Å².